The number of halogens is 3. The van der Waals surface area contributed by atoms with Gasteiger partial charge in [-0.3, -0.25) is 0 Å². The molecule has 22 heavy (non-hydrogen) atoms. The molecule has 0 saturated carbocycles. The lowest BCUT2D eigenvalue weighted by Crippen LogP contribution is -2.03. The molecule has 0 fully saturated rings. The van der Waals surface area contributed by atoms with Gasteiger partial charge in [-0.15, -0.1) is 5.10 Å². The molecule has 3 aromatic rings. The Labute approximate surface area is 128 Å². The lowest BCUT2D eigenvalue weighted by atomic mass is 10.1. The fraction of sp³-hybridized carbons (Fsp3) is 0. The molecule has 0 N–H and O–H groups in total. The van der Waals surface area contributed by atoms with Gasteiger partial charge in [0, 0.05) is 17.8 Å². The van der Waals surface area contributed by atoms with E-state index in [0.717, 1.165) is 10.7 Å². The summed E-state index contributed by atoms with van der Waals surface area (Å²) in [6.07, 6.45) is 1.49. The Morgan fingerprint density at radius 2 is 2.05 bits per heavy atom. The highest BCUT2D eigenvalue weighted by Gasteiger charge is 2.20. The van der Waals surface area contributed by atoms with Gasteiger partial charge < -0.3 is 0 Å². The maximum Gasteiger partial charge on any atom is 0.172 e. The van der Waals surface area contributed by atoms with Gasteiger partial charge in [0.1, 0.15) is 28.4 Å². The van der Waals surface area contributed by atoms with Crippen molar-refractivity contribution in [3.8, 4) is 23.0 Å². The summed E-state index contributed by atoms with van der Waals surface area (Å²) < 4.78 is 27.9. The molecule has 0 bridgehead atoms. The third-order valence-corrected chi connectivity index (χ3v) is 3.23. The van der Waals surface area contributed by atoms with Gasteiger partial charge in [0.15, 0.2) is 11.5 Å². The van der Waals surface area contributed by atoms with Crippen LogP contribution in [0, 0.1) is 23.0 Å². The van der Waals surface area contributed by atoms with Crippen molar-refractivity contribution in [3.63, 3.8) is 0 Å². The van der Waals surface area contributed by atoms with Crippen LogP contribution in [0.1, 0.15) is 5.69 Å². The van der Waals surface area contributed by atoms with Crippen molar-refractivity contribution < 1.29 is 8.78 Å². The van der Waals surface area contributed by atoms with Crippen LogP contribution in [0.4, 0.5) is 8.78 Å². The molecule has 2 heterocycles. The summed E-state index contributed by atoms with van der Waals surface area (Å²) in [5.41, 5.74) is 0.455. The summed E-state index contributed by atoms with van der Waals surface area (Å²) in [6.45, 7) is 0. The van der Waals surface area contributed by atoms with E-state index in [-0.39, 0.29) is 22.2 Å². The van der Waals surface area contributed by atoms with E-state index in [2.05, 4.69) is 15.3 Å². The van der Waals surface area contributed by atoms with Gasteiger partial charge in [-0.2, -0.15) is 9.94 Å². The van der Waals surface area contributed by atoms with Crippen LogP contribution < -0.4 is 0 Å². The van der Waals surface area contributed by atoms with Crippen LogP contribution in [0.2, 0.25) is 5.15 Å². The summed E-state index contributed by atoms with van der Waals surface area (Å²) in [6, 6.07) is 8.09. The molecule has 0 unspecified atom stereocenters. The maximum atomic E-state index is 13.9. The fourth-order valence-electron chi connectivity index (χ4n) is 1.95. The monoisotopic (exact) mass is 317 g/mol. The minimum absolute atomic E-state index is 0.0274. The number of benzene rings is 1. The number of hydrogen-bond acceptors (Lipinski definition) is 4. The normalized spacial score (nSPS) is 10.5. The molecule has 5 nitrogen and oxygen atoms in total. The van der Waals surface area contributed by atoms with Crippen molar-refractivity contribution in [1.82, 2.24) is 20.0 Å². The van der Waals surface area contributed by atoms with E-state index in [0.29, 0.717) is 11.6 Å². The highest BCUT2D eigenvalue weighted by atomic mass is 35.5. The second kappa shape index (κ2) is 5.50. The smallest absolute Gasteiger partial charge is 0.172 e. The van der Waals surface area contributed by atoms with E-state index in [1.54, 1.807) is 12.1 Å². The third kappa shape index (κ3) is 2.29. The predicted molar refractivity (Wildman–Crippen MR) is 74.2 cm³/mol. The van der Waals surface area contributed by atoms with Crippen LogP contribution >= 0.6 is 11.6 Å². The zero-order valence-corrected chi connectivity index (χ0v) is 11.6. The first kappa shape index (κ1) is 14.1. The largest absolute Gasteiger partial charge is 0.244 e. The fourth-order valence-corrected chi connectivity index (χ4v) is 2.16. The molecule has 8 heteroatoms. The first-order valence-corrected chi connectivity index (χ1v) is 6.41. The van der Waals surface area contributed by atoms with Crippen molar-refractivity contribution >= 4 is 11.6 Å². The van der Waals surface area contributed by atoms with Crippen LogP contribution in [0.25, 0.3) is 16.9 Å². The zero-order valence-electron chi connectivity index (χ0n) is 10.8. The van der Waals surface area contributed by atoms with Crippen LogP contribution in [0.5, 0.6) is 0 Å². The molecule has 0 aliphatic heterocycles. The number of nitrogens with zero attached hydrogens (tertiary/aromatic N) is 5. The molecule has 0 saturated heterocycles. The van der Waals surface area contributed by atoms with Gasteiger partial charge >= 0.3 is 0 Å². The lowest BCUT2D eigenvalue weighted by molar-refractivity contribution is 0.571. The number of nitriles is 1. The van der Waals surface area contributed by atoms with Crippen molar-refractivity contribution in [2.24, 2.45) is 0 Å². The standard InChI is InChI=1S/C14H6ClF2N5/c15-14-9(2-1-5-19-14)13-12(7-18)22(21-20-13)11-4-3-8(16)6-10(11)17/h1-6H. The highest BCUT2D eigenvalue weighted by molar-refractivity contribution is 6.32. The Hall–Kier alpha value is -2.85. The van der Waals surface area contributed by atoms with Gasteiger partial charge in [-0.05, 0) is 24.3 Å². The third-order valence-electron chi connectivity index (χ3n) is 2.93. The Morgan fingerprint density at radius 1 is 1.23 bits per heavy atom. The molecule has 0 aliphatic carbocycles. The van der Waals surface area contributed by atoms with E-state index in [1.807, 2.05) is 6.07 Å². The summed E-state index contributed by atoms with van der Waals surface area (Å²) >= 11 is 5.97. The predicted octanol–water partition coefficient (Wildman–Crippen LogP) is 3.13. The number of hydrogen-bond donors (Lipinski definition) is 0. The molecular weight excluding hydrogens is 312 g/mol. The number of rotatable bonds is 2. The molecule has 0 aliphatic rings. The van der Waals surface area contributed by atoms with Crippen LogP contribution in [0.3, 0.4) is 0 Å². The zero-order chi connectivity index (χ0) is 15.7. The molecule has 0 spiro atoms. The summed E-state index contributed by atoms with van der Waals surface area (Å²) in [4.78, 5) is 3.90. The first-order chi connectivity index (χ1) is 10.6. The van der Waals surface area contributed by atoms with Crippen molar-refractivity contribution in [1.29, 1.82) is 5.26 Å². The lowest BCUT2D eigenvalue weighted by Gasteiger charge is -2.04. The average Bonchev–Trinajstić information content (AvgIpc) is 2.91. The van der Waals surface area contributed by atoms with Crippen LogP contribution in [-0.4, -0.2) is 20.0 Å². The molecule has 1 aromatic carbocycles. The van der Waals surface area contributed by atoms with Crippen LogP contribution in [0.15, 0.2) is 36.5 Å². The van der Waals surface area contributed by atoms with E-state index in [4.69, 9.17) is 11.6 Å². The van der Waals surface area contributed by atoms with Gasteiger partial charge in [0.2, 0.25) is 0 Å². The molecule has 3 rings (SSSR count). The maximum absolute atomic E-state index is 13.9. The number of aromatic nitrogens is 4. The van der Waals surface area contributed by atoms with E-state index < -0.39 is 11.6 Å². The van der Waals surface area contributed by atoms with Crippen molar-refractivity contribution in [2.75, 3.05) is 0 Å². The Balaban J connectivity index is 2.21. The van der Waals surface area contributed by atoms with E-state index >= 15 is 0 Å². The molecule has 0 atom stereocenters. The van der Waals surface area contributed by atoms with Gasteiger partial charge in [-0.1, -0.05) is 16.8 Å². The van der Waals surface area contributed by atoms with Crippen molar-refractivity contribution in [2.45, 2.75) is 0 Å². The van der Waals surface area contributed by atoms with Gasteiger partial charge in [-0.25, -0.2) is 13.8 Å². The number of pyridine rings is 1. The average molecular weight is 318 g/mol. The van der Waals surface area contributed by atoms with Gasteiger partial charge in [0.05, 0.1) is 0 Å². The van der Waals surface area contributed by atoms with E-state index in [1.165, 1.54) is 12.3 Å². The molecule has 108 valence electrons. The Morgan fingerprint density at radius 3 is 2.73 bits per heavy atom. The highest BCUT2D eigenvalue weighted by Crippen LogP contribution is 2.28. The Kier molecular flexibility index (Phi) is 3.53. The second-order valence-electron chi connectivity index (χ2n) is 4.25. The molecular formula is C14H6ClF2N5. The van der Waals surface area contributed by atoms with E-state index in [9.17, 15) is 14.0 Å². The SMILES string of the molecule is N#Cc1c(-c2cccnc2Cl)nnn1-c1ccc(F)cc1F. The summed E-state index contributed by atoms with van der Waals surface area (Å²) in [5.74, 6) is -1.58. The first-order valence-electron chi connectivity index (χ1n) is 6.04. The van der Waals surface area contributed by atoms with Crippen molar-refractivity contribution in [3.05, 3.63) is 59.0 Å². The molecule has 0 amide bonds. The topological polar surface area (TPSA) is 67.4 Å². The minimum atomic E-state index is -0.856. The summed E-state index contributed by atoms with van der Waals surface area (Å²) in [7, 11) is 0. The van der Waals surface area contributed by atoms with Crippen LogP contribution in [-0.2, 0) is 0 Å². The Bertz CT molecular complexity index is 900. The minimum Gasteiger partial charge on any atom is -0.244 e. The summed E-state index contributed by atoms with van der Waals surface area (Å²) in [5, 5.41) is 17.1. The molecule has 2 aromatic heterocycles. The quantitative estimate of drug-likeness (QED) is 0.681. The van der Waals surface area contributed by atoms with Gasteiger partial charge in [0.25, 0.3) is 0 Å². The molecule has 0 radical (unpaired) electrons. The second-order valence-corrected chi connectivity index (χ2v) is 4.61.